The first-order valence-corrected chi connectivity index (χ1v) is 7.57. The minimum absolute atomic E-state index is 0.515. The first kappa shape index (κ1) is 13.4. The lowest BCUT2D eigenvalue weighted by Gasteiger charge is -2.39. The lowest BCUT2D eigenvalue weighted by Crippen LogP contribution is -2.46. The summed E-state index contributed by atoms with van der Waals surface area (Å²) in [5.41, 5.74) is 0.515. The Labute approximate surface area is 107 Å². The molecular weight excluding hydrogens is 208 g/mol. The molecule has 2 rings (SSSR count). The van der Waals surface area contributed by atoms with Gasteiger partial charge in [0.2, 0.25) is 0 Å². The van der Waals surface area contributed by atoms with Crippen molar-refractivity contribution in [3.8, 4) is 0 Å². The van der Waals surface area contributed by atoms with Gasteiger partial charge < -0.3 is 10.2 Å². The summed E-state index contributed by atoms with van der Waals surface area (Å²) in [5, 5.41) is 3.87. The molecule has 1 aliphatic heterocycles. The average Bonchev–Trinajstić information content (AvgIpc) is 2.75. The molecule has 2 aliphatic rings. The summed E-state index contributed by atoms with van der Waals surface area (Å²) in [6.45, 7) is 12.3. The van der Waals surface area contributed by atoms with Gasteiger partial charge in [0.1, 0.15) is 0 Å². The first-order chi connectivity index (χ1) is 8.12. The number of hydrogen-bond acceptors (Lipinski definition) is 2. The van der Waals surface area contributed by atoms with Crippen LogP contribution >= 0.6 is 0 Å². The minimum Gasteiger partial charge on any atom is -0.313 e. The molecule has 0 aromatic carbocycles. The molecule has 2 heteroatoms. The van der Waals surface area contributed by atoms with Crippen molar-refractivity contribution in [1.82, 2.24) is 10.2 Å². The second-order valence-corrected chi connectivity index (χ2v) is 6.74. The minimum atomic E-state index is 0.515. The van der Waals surface area contributed by atoms with Gasteiger partial charge in [-0.2, -0.15) is 0 Å². The Balaban J connectivity index is 1.74. The summed E-state index contributed by atoms with van der Waals surface area (Å²) in [6, 6.07) is 0.756. The Morgan fingerprint density at radius 3 is 2.71 bits per heavy atom. The van der Waals surface area contributed by atoms with Crippen LogP contribution in [0, 0.1) is 11.3 Å². The van der Waals surface area contributed by atoms with Crippen molar-refractivity contribution in [1.29, 1.82) is 0 Å². The quantitative estimate of drug-likeness (QED) is 0.810. The summed E-state index contributed by atoms with van der Waals surface area (Å²) in [4.78, 5) is 2.58. The van der Waals surface area contributed by atoms with Crippen molar-refractivity contribution in [2.45, 2.75) is 58.9 Å². The molecule has 2 fully saturated rings. The van der Waals surface area contributed by atoms with Gasteiger partial charge in [0.15, 0.2) is 0 Å². The van der Waals surface area contributed by atoms with Crippen LogP contribution in [-0.2, 0) is 0 Å². The number of rotatable bonds is 4. The molecule has 0 radical (unpaired) electrons. The maximum atomic E-state index is 3.87. The fourth-order valence-electron chi connectivity index (χ4n) is 3.55. The standard InChI is InChI=1S/C15H30N2/c1-4-17-10-8-13(12-17)11-16-14-7-5-6-9-15(14,2)3/h13-14,16H,4-12H2,1-3H3. The second kappa shape index (κ2) is 5.71. The Kier molecular flexibility index (Phi) is 4.48. The Morgan fingerprint density at radius 1 is 1.24 bits per heavy atom. The van der Waals surface area contributed by atoms with Gasteiger partial charge in [0.25, 0.3) is 0 Å². The second-order valence-electron chi connectivity index (χ2n) is 6.74. The van der Waals surface area contributed by atoms with Crippen LogP contribution in [0.5, 0.6) is 0 Å². The molecule has 1 saturated carbocycles. The zero-order chi connectivity index (χ0) is 12.3. The van der Waals surface area contributed by atoms with E-state index in [1.165, 1.54) is 58.3 Å². The van der Waals surface area contributed by atoms with Gasteiger partial charge in [-0.05, 0) is 50.2 Å². The van der Waals surface area contributed by atoms with Gasteiger partial charge in [0, 0.05) is 12.6 Å². The summed E-state index contributed by atoms with van der Waals surface area (Å²) in [6.07, 6.45) is 7.03. The third kappa shape index (κ3) is 3.45. The third-order valence-electron chi connectivity index (χ3n) is 4.98. The van der Waals surface area contributed by atoms with E-state index in [1.54, 1.807) is 0 Å². The van der Waals surface area contributed by atoms with Crippen molar-refractivity contribution in [3.05, 3.63) is 0 Å². The zero-order valence-electron chi connectivity index (χ0n) is 12.0. The lowest BCUT2D eigenvalue weighted by atomic mass is 9.73. The smallest absolute Gasteiger partial charge is 0.0118 e. The van der Waals surface area contributed by atoms with E-state index < -0.39 is 0 Å². The largest absolute Gasteiger partial charge is 0.313 e. The van der Waals surface area contributed by atoms with E-state index in [9.17, 15) is 0 Å². The van der Waals surface area contributed by atoms with Crippen LogP contribution < -0.4 is 5.32 Å². The van der Waals surface area contributed by atoms with Crippen LogP contribution in [0.3, 0.4) is 0 Å². The van der Waals surface area contributed by atoms with Crippen molar-refractivity contribution < 1.29 is 0 Å². The predicted molar refractivity (Wildman–Crippen MR) is 74.3 cm³/mol. The predicted octanol–water partition coefficient (Wildman–Crippen LogP) is 2.89. The van der Waals surface area contributed by atoms with Crippen molar-refractivity contribution in [2.24, 2.45) is 11.3 Å². The molecule has 0 amide bonds. The van der Waals surface area contributed by atoms with E-state index in [0.29, 0.717) is 5.41 Å². The maximum Gasteiger partial charge on any atom is 0.0118 e. The van der Waals surface area contributed by atoms with Gasteiger partial charge in [-0.25, -0.2) is 0 Å². The van der Waals surface area contributed by atoms with E-state index in [1.807, 2.05) is 0 Å². The van der Waals surface area contributed by atoms with Crippen LogP contribution in [0.25, 0.3) is 0 Å². The fourth-order valence-corrected chi connectivity index (χ4v) is 3.55. The SMILES string of the molecule is CCN1CCC(CNC2CCCCC2(C)C)C1. The number of nitrogens with zero attached hydrogens (tertiary/aromatic N) is 1. The van der Waals surface area contributed by atoms with Gasteiger partial charge >= 0.3 is 0 Å². The molecule has 1 aliphatic carbocycles. The van der Waals surface area contributed by atoms with E-state index in [4.69, 9.17) is 0 Å². The molecule has 17 heavy (non-hydrogen) atoms. The highest BCUT2D eigenvalue weighted by Gasteiger charge is 2.32. The summed E-state index contributed by atoms with van der Waals surface area (Å²) < 4.78 is 0. The average molecular weight is 238 g/mol. The lowest BCUT2D eigenvalue weighted by molar-refractivity contribution is 0.162. The van der Waals surface area contributed by atoms with E-state index >= 15 is 0 Å². The highest BCUT2D eigenvalue weighted by molar-refractivity contribution is 4.89. The van der Waals surface area contributed by atoms with Gasteiger partial charge in [-0.3, -0.25) is 0 Å². The third-order valence-corrected chi connectivity index (χ3v) is 4.98. The first-order valence-electron chi connectivity index (χ1n) is 7.57. The van der Waals surface area contributed by atoms with E-state index in [0.717, 1.165) is 12.0 Å². The number of hydrogen-bond donors (Lipinski definition) is 1. The molecule has 0 spiro atoms. The zero-order valence-corrected chi connectivity index (χ0v) is 12.0. The molecule has 2 nitrogen and oxygen atoms in total. The molecule has 1 heterocycles. The molecule has 0 aromatic rings. The van der Waals surface area contributed by atoms with Crippen LogP contribution in [-0.4, -0.2) is 37.1 Å². The molecule has 1 saturated heterocycles. The van der Waals surface area contributed by atoms with Gasteiger partial charge in [-0.15, -0.1) is 0 Å². The monoisotopic (exact) mass is 238 g/mol. The van der Waals surface area contributed by atoms with Crippen LogP contribution in [0.2, 0.25) is 0 Å². The van der Waals surface area contributed by atoms with Crippen LogP contribution in [0.4, 0.5) is 0 Å². The van der Waals surface area contributed by atoms with Gasteiger partial charge in [0.05, 0.1) is 0 Å². The number of nitrogens with one attached hydrogen (secondary N) is 1. The highest BCUT2D eigenvalue weighted by Crippen LogP contribution is 2.35. The number of likely N-dealkylation sites (tertiary alicyclic amines) is 1. The summed E-state index contributed by atoms with van der Waals surface area (Å²) in [7, 11) is 0. The van der Waals surface area contributed by atoms with Crippen molar-refractivity contribution >= 4 is 0 Å². The van der Waals surface area contributed by atoms with Gasteiger partial charge in [-0.1, -0.05) is 33.6 Å². The summed E-state index contributed by atoms with van der Waals surface area (Å²) in [5.74, 6) is 0.896. The Hall–Kier alpha value is -0.0800. The van der Waals surface area contributed by atoms with E-state index in [2.05, 4.69) is 31.0 Å². The van der Waals surface area contributed by atoms with Crippen LogP contribution in [0.1, 0.15) is 52.9 Å². The van der Waals surface area contributed by atoms with Crippen molar-refractivity contribution in [2.75, 3.05) is 26.2 Å². The molecule has 1 N–H and O–H groups in total. The molecule has 0 bridgehead atoms. The van der Waals surface area contributed by atoms with Crippen LogP contribution in [0.15, 0.2) is 0 Å². The highest BCUT2D eigenvalue weighted by atomic mass is 15.1. The Bertz CT molecular complexity index is 237. The molecule has 2 atom stereocenters. The molecule has 100 valence electrons. The maximum absolute atomic E-state index is 3.87. The van der Waals surface area contributed by atoms with Crippen molar-refractivity contribution in [3.63, 3.8) is 0 Å². The fraction of sp³-hybridized carbons (Fsp3) is 1.00. The topological polar surface area (TPSA) is 15.3 Å². The molecular formula is C15H30N2. The summed E-state index contributed by atoms with van der Waals surface area (Å²) >= 11 is 0. The van der Waals surface area contributed by atoms with E-state index in [-0.39, 0.29) is 0 Å². The Morgan fingerprint density at radius 2 is 2.06 bits per heavy atom. The molecule has 0 aromatic heterocycles. The normalized spacial score (nSPS) is 34.1. The molecule has 2 unspecified atom stereocenters.